The van der Waals surface area contributed by atoms with Gasteiger partial charge >= 0.3 is 0 Å². The van der Waals surface area contributed by atoms with Gasteiger partial charge in [-0.1, -0.05) is 27.7 Å². The van der Waals surface area contributed by atoms with E-state index >= 15 is 0 Å². The van der Waals surface area contributed by atoms with Crippen LogP contribution >= 0.6 is 0 Å². The summed E-state index contributed by atoms with van der Waals surface area (Å²) in [4.78, 5) is 2.43. The van der Waals surface area contributed by atoms with Crippen molar-refractivity contribution in [2.24, 2.45) is 17.3 Å². The Morgan fingerprint density at radius 1 is 1.20 bits per heavy atom. The second-order valence-corrected chi connectivity index (χ2v) is 7.29. The number of aliphatic hydroxyl groups excluding tert-OH is 1. The molecule has 0 spiro atoms. The van der Waals surface area contributed by atoms with Crippen LogP contribution in [0.25, 0.3) is 0 Å². The van der Waals surface area contributed by atoms with E-state index in [4.69, 9.17) is 4.74 Å². The van der Waals surface area contributed by atoms with Crippen molar-refractivity contribution in [3.8, 4) is 0 Å². The summed E-state index contributed by atoms with van der Waals surface area (Å²) in [6, 6.07) is 0. The Bertz CT molecular complexity index is 262. The average Bonchev–Trinajstić information content (AvgIpc) is 2.38. The van der Waals surface area contributed by atoms with Gasteiger partial charge in [0.05, 0.1) is 12.7 Å². The van der Waals surface area contributed by atoms with E-state index in [2.05, 4.69) is 32.6 Å². The van der Waals surface area contributed by atoms with Crippen molar-refractivity contribution in [1.29, 1.82) is 0 Å². The van der Waals surface area contributed by atoms with Crippen LogP contribution < -0.4 is 0 Å². The molecule has 0 bridgehead atoms. The van der Waals surface area contributed by atoms with E-state index in [1.54, 1.807) is 0 Å². The van der Waals surface area contributed by atoms with Gasteiger partial charge in [-0.05, 0) is 50.0 Å². The molecule has 0 aromatic rings. The molecule has 0 saturated heterocycles. The average molecular weight is 285 g/mol. The molecule has 0 aliphatic heterocycles. The lowest BCUT2D eigenvalue weighted by Crippen LogP contribution is -2.42. The smallest absolute Gasteiger partial charge is 0.0593 e. The normalized spacial score (nSPS) is 28.1. The summed E-state index contributed by atoms with van der Waals surface area (Å²) < 4.78 is 5.45. The predicted molar refractivity (Wildman–Crippen MR) is 84.9 cm³/mol. The number of aliphatic hydroxyl groups is 1. The van der Waals surface area contributed by atoms with Gasteiger partial charge in [0.25, 0.3) is 0 Å². The highest BCUT2D eigenvalue weighted by atomic mass is 16.5. The summed E-state index contributed by atoms with van der Waals surface area (Å²) in [6.07, 6.45) is 3.19. The molecule has 1 saturated carbocycles. The van der Waals surface area contributed by atoms with E-state index in [9.17, 15) is 5.11 Å². The Kier molecular flexibility index (Phi) is 7.49. The second-order valence-electron chi connectivity index (χ2n) is 7.29. The Balaban J connectivity index is 2.49. The lowest BCUT2D eigenvalue weighted by Gasteiger charge is -2.41. The largest absolute Gasteiger partial charge is 0.393 e. The standard InChI is InChI=1S/C17H35NO2/c1-6-18(10-11-20-7-2)13-14-12-15(17(3,4)5)8-9-16(14)19/h14-16,19H,6-13H2,1-5H3. The third-order valence-electron chi connectivity index (χ3n) is 4.86. The molecule has 1 N–H and O–H groups in total. The number of nitrogens with zero attached hydrogens (tertiary/aromatic N) is 1. The van der Waals surface area contributed by atoms with Gasteiger partial charge in [-0.2, -0.15) is 0 Å². The summed E-state index contributed by atoms with van der Waals surface area (Å²) in [7, 11) is 0. The number of ether oxygens (including phenoxy) is 1. The van der Waals surface area contributed by atoms with E-state index < -0.39 is 0 Å². The molecular formula is C17H35NO2. The van der Waals surface area contributed by atoms with Crippen LogP contribution in [-0.4, -0.2) is 49.0 Å². The van der Waals surface area contributed by atoms with Gasteiger partial charge in [0.2, 0.25) is 0 Å². The van der Waals surface area contributed by atoms with Gasteiger partial charge < -0.3 is 14.7 Å². The van der Waals surface area contributed by atoms with Crippen LogP contribution in [0.1, 0.15) is 53.9 Å². The number of rotatable bonds is 7. The highest BCUT2D eigenvalue weighted by Crippen LogP contribution is 2.40. The van der Waals surface area contributed by atoms with Crippen LogP contribution in [0.5, 0.6) is 0 Å². The fourth-order valence-electron chi connectivity index (χ4n) is 3.28. The molecule has 3 atom stereocenters. The Morgan fingerprint density at radius 3 is 2.45 bits per heavy atom. The van der Waals surface area contributed by atoms with E-state index in [-0.39, 0.29) is 6.10 Å². The zero-order valence-electron chi connectivity index (χ0n) is 14.2. The highest BCUT2D eigenvalue weighted by molar-refractivity contribution is 4.86. The SMILES string of the molecule is CCOCCN(CC)CC1CC(C(C)(C)C)CCC1O. The molecule has 1 aliphatic carbocycles. The van der Waals surface area contributed by atoms with Gasteiger partial charge in [-0.3, -0.25) is 0 Å². The van der Waals surface area contributed by atoms with Crippen LogP contribution in [0.3, 0.4) is 0 Å². The number of likely N-dealkylation sites (N-methyl/N-ethyl adjacent to an activating group) is 1. The van der Waals surface area contributed by atoms with Crippen molar-refractivity contribution >= 4 is 0 Å². The molecule has 20 heavy (non-hydrogen) atoms. The van der Waals surface area contributed by atoms with Gasteiger partial charge in [-0.15, -0.1) is 0 Å². The summed E-state index contributed by atoms with van der Waals surface area (Å²) in [5, 5.41) is 10.3. The topological polar surface area (TPSA) is 32.7 Å². The molecule has 0 amide bonds. The van der Waals surface area contributed by atoms with Crippen molar-refractivity contribution in [2.75, 3.05) is 32.8 Å². The third kappa shape index (κ3) is 5.71. The molecule has 1 aliphatic rings. The maximum absolute atomic E-state index is 10.3. The third-order valence-corrected chi connectivity index (χ3v) is 4.86. The quantitative estimate of drug-likeness (QED) is 0.729. The maximum atomic E-state index is 10.3. The minimum absolute atomic E-state index is 0.116. The van der Waals surface area contributed by atoms with Crippen LogP contribution in [0.4, 0.5) is 0 Å². The Labute approximate surface area is 125 Å². The molecule has 3 heteroatoms. The van der Waals surface area contributed by atoms with E-state index in [0.717, 1.165) is 51.6 Å². The first-order valence-electron chi connectivity index (χ1n) is 8.36. The molecule has 0 aromatic carbocycles. The minimum atomic E-state index is -0.116. The molecule has 0 heterocycles. The molecular weight excluding hydrogens is 250 g/mol. The maximum Gasteiger partial charge on any atom is 0.0593 e. The Morgan fingerprint density at radius 2 is 1.90 bits per heavy atom. The molecule has 1 rings (SSSR count). The first-order valence-corrected chi connectivity index (χ1v) is 8.36. The fourth-order valence-corrected chi connectivity index (χ4v) is 3.28. The summed E-state index contributed by atoms with van der Waals surface area (Å²) in [5.41, 5.74) is 0.362. The van der Waals surface area contributed by atoms with E-state index in [0.29, 0.717) is 11.3 Å². The van der Waals surface area contributed by atoms with Crippen LogP contribution in [0.15, 0.2) is 0 Å². The number of hydrogen-bond acceptors (Lipinski definition) is 3. The summed E-state index contributed by atoms with van der Waals surface area (Å²) in [5.74, 6) is 1.16. The molecule has 1 fully saturated rings. The van der Waals surface area contributed by atoms with Gasteiger partial charge in [0.1, 0.15) is 0 Å². The van der Waals surface area contributed by atoms with Crippen LogP contribution in [0.2, 0.25) is 0 Å². The molecule has 3 nitrogen and oxygen atoms in total. The molecule has 120 valence electrons. The highest BCUT2D eigenvalue weighted by Gasteiger charge is 2.35. The van der Waals surface area contributed by atoms with Crippen molar-refractivity contribution in [1.82, 2.24) is 4.90 Å². The summed E-state index contributed by atoms with van der Waals surface area (Å²) >= 11 is 0. The van der Waals surface area contributed by atoms with Crippen molar-refractivity contribution in [3.05, 3.63) is 0 Å². The molecule has 3 unspecified atom stereocenters. The van der Waals surface area contributed by atoms with Crippen molar-refractivity contribution in [2.45, 2.75) is 60.0 Å². The minimum Gasteiger partial charge on any atom is -0.393 e. The monoisotopic (exact) mass is 285 g/mol. The van der Waals surface area contributed by atoms with E-state index in [1.807, 2.05) is 6.92 Å². The Hall–Kier alpha value is -0.120. The first-order chi connectivity index (χ1) is 9.38. The predicted octanol–water partition coefficient (Wildman–Crippen LogP) is 3.17. The van der Waals surface area contributed by atoms with Gasteiger partial charge in [0.15, 0.2) is 0 Å². The van der Waals surface area contributed by atoms with Crippen molar-refractivity contribution < 1.29 is 9.84 Å². The fraction of sp³-hybridized carbons (Fsp3) is 1.00. The lowest BCUT2D eigenvalue weighted by atomic mass is 9.68. The van der Waals surface area contributed by atoms with Crippen molar-refractivity contribution in [3.63, 3.8) is 0 Å². The van der Waals surface area contributed by atoms with Gasteiger partial charge in [0, 0.05) is 19.7 Å². The van der Waals surface area contributed by atoms with E-state index in [1.165, 1.54) is 6.42 Å². The molecule has 0 aromatic heterocycles. The molecule has 0 radical (unpaired) electrons. The number of hydrogen-bond donors (Lipinski definition) is 1. The lowest BCUT2D eigenvalue weighted by molar-refractivity contribution is -0.0000297. The second kappa shape index (κ2) is 8.35. The van der Waals surface area contributed by atoms with Gasteiger partial charge in [-0.25, -0.2) is 0 Å². The van der Waals surface area contributed by atoms with Crippen LogP contribution in [0, 0.1) is 17.3 Å². The first kappa shape index (κ1) is 17.9. The zero-order chi connectivity index (χ0) is 15.2. The van der Waals surface area contributed by atoms with Crippen LogP contribution in [-0.2, 0) is 4.74 Å². The zero-order valence-corrected chi connectivity index (χ0v) is 14.2. The summed E-state index contributed by atoms with van der Waals surface area (Å²) in [6.45, 7) is 15.8.